The zero-order valence-corrected chi connectivity index (χ0v) is 12.5. The summed E-state index contributed by atoms with van der Waals surface area (Å²) < 4.78 is 4.71. The van der Waals surface area contributed by atoms with Gasteiger partial charge in [-0.1, -0.05) is 37.3 Å². The summed E-state index contributed by atoms with van der Waals surface area (Å²) >= 11 is 0. The number of nitrogens with two attached hydrogens (primary N) is 1. The lowest BCUT2D eigenvalue weighted by Gasteiger charge is -2.24. The first-order valence-electron chi connectivity index (χ1n) is 6.77. The van der Waals surface area contributed by atoms with Gasteiger partial charge >= 0.3 is 11.9 Å². The Balaban J connectivity index is 2.88. The Kier molecular flexibility index (Phi) is 6.52. The lowest BCUT2D eigenvalue weighted by molar-refractivity contribution is -0.146. The number of nitrogens with one attached hydrogen (secondary N) is 1. The second-order valence-corrected chi connectivity index (χ2v) is 4.91. The van der Waals surface area contributed by atoms with Crippen LogP contribution in [0.2, 0.25) is 0 Å². The average molecular weight is 308 g/mol. The molecule has 0 radical (unpaired) electrons. The summed E-state index contributed by atoms with van der Waals surface area (Å²) in [4.78, 5) is 34.4. The molecule has 0 saturated heterocycles. The van der Waals surface area contributed by atoms with Gasteiger partial charge < -0.3 is 20.9 Å². The van der Waals surface area contributed by atoms with Crippen molar-refractivity contribution in [1.82, 2.24) is 5.32 Å². The first-order valence-corrected chi connectivity index (χ1v) is 6.77. The SMILES string of the molecule is COC(=O)C(NC(=O)[C@@H](N)CC(=O)O)C(C)c1ccccc1. The number of esters is 1. The smallest absolute Gasteiger partial charge is 0.328 e. The van der Waals surface area contributed by atoms with E-state index >= 15 is 0 Å². The topological polar surface area (TPSA) is 119 Å². The summed E-state index contributed by atoms with van der Waals surface area (Å²) in [6.07, 6.45) is -0.514. The molecule has 0 spiro atoms. The fraction of sp³-hybridized carbons (Fsp3) is 0.400. The Morgan fingerprint density at radius 2 is 1.86 bits per heavy atom. The predicted molar refractivity (Wildman–Crippen MR) is 79.0 cm³/mol. The summed E-state index contributed by atoms with van der Waals surface area (Å²) in [5.74, 6) is -2.86. The molecular formula is C15H20N2O5. The molecular weight excluding hydrogens is 288 g/mol. The quantitative estimate of drug-likeness (QED) is 0.621. The first kappa shape index (κ1) is 17.6. The Bertz CT molecular complexity index is 532. The highest BCUT2D eigenvalue weighted by Crippen LogP contribution is 2.20. The molecule has 1 aromatic carbocycles. The highest BCUT2D eigenvalue weighted by molar-refractivity contribution is 5.90. The number of benzene rings is 1. The van der Waals surface area contributed by atoms with E-state index in [2.05, 4.69) is 5.32 Å². The van der Waals surface area contributed by atoms with Crippen molar-refractivity contribution >= 4 is 17.8 Å². The van der Waals surface area contributed by atoms with Crippen LogP contribution in [0.25, 0.3) is 0 Å². The van der Waals surface area contributed by atoms with Crippen LogP contribution in [-0.4, -0.2) is 42.1 Å². The largest absolute Gasteiger partial charge is 0.481 e. The number of carboxylic acid groups (broad SMARTS) is 1. The van der Waals surface area contributed by atoms with Gasteiger partial charge in [-0.3, -0.25) is 9.59 Å². The van der Waals surface area contributed by atoms with Crippen LogP contribution in [0.3, 0.4) is 0 Å². The van der Waals surface area contributed by atoms with E-state index in [0.29, 0.717) is 0 Å². The van der Waals surface area contributed by atoms with Gasteiger partial charge in [0.1, 0.15) is 6.04 Å². The van der Waals surface area contributed by atoms with E-state index in [-0.39, 0.29) is 5.92 Å². The van der Waals surface area contributed by atoms with Crippen LogP contribution >= 0.6 is 0 Å². The van der Waals surface area contributed by atoms with Crippen LogP contribution < -0.4 is 11.1 Å². The molecule has 0 aliphatic heterocycles. The molecule has 0 fully saturated rings. The number of hydrogen-bond donors (Lipinski definition) is 3. The summed E-state index contributed by atoms with van der Waals surface area (Å²) in [6, 6.07) is 6.95. The number of methoxy groups -OCH3 is 1. The summed E-state index contributed by atoms with van der Waals surface area (Å²) in [7, 11) is 1.22. The third kappa shape index (κ3) is 4.85. The monoisotopic (exact) mass is 308 g/mol. The molecule has 0 aliphatic carbocycles. The van der Waals surface area contributed by atoms with E-state index in [1.54, 1.807) is 6.92 Å². The number of aliphatic carboxylic acids is 1. The standard InChI is InChI=1S/C15H20N2O5/c1-9(10-6-4-3-5-7-10)13(15(21)22-2)17-14(20)11(16)8-12(18)19/h3-7,9,11,13H,8,16H2,1-2H3,(H,17,20)(H,18,19)/t9?,11-,13?/m0/s1. The van der Waals surface area contributed by atoms with Crippen LogP contribution in [0.1, 0.15) is 24.8 Å². The Labute approximate surface area is 128 Å². The highest BCUT2D eigenvalue weighted by Gasteiger charge is 2.30. The molecule has 120 valence electrons. The van der Waals surface area contributed by atoms with Gasteiger partial charge in [0, 0.05) is 5.92 Å². The molecule has 0 saturated carbocycles. The van der Waals surface area contributed by atoms with Crippen molar-refractivity contribution in [2.45, 2.75) is 31.3 Å². The first-order chi connectivity index (χ1) is 10.4. The molecule has 7 nitrogen and oxygen atoms in total. The number of carboxylic acids is 1. The lowest BCUT2D eigenvalue weighted by atomic mass is 9.93. The zero-order valence-electron chi connectivity index (χ0n) is 12.5. The molecule has 1 aromatic rings. The molecule has 1 rings (SSSR count). The van der Waals surface area contributed by atoms with E-state index < -0.39 is 36.4 Å². The van der Waals surface area contributed by atoms with E-state index in [4.69, 9.17) is 15.6 Å². The summed E-state index contributed by atoms with van der Waals surface area (Å²) in [5.41, 5.74) is 6.34. The van der Waals surface area contributed by atoms with Crippen LogP contribution in [0.4, 0.5) is 0 Å². The van der Waals surface area contributed by atoms with Gasteiger partial charge in [-0.2, -0.15) is 0 Å². The molecule has 0 aromatic heterocycles. The maximum Gasteiger partial charge on any atom is 0.328 e. The second-order valence-electron chi connectivity index (χ2n) is 4.91. The maximum atomic E-state index is 11.9. The highest BCUT2D eigenvalue weighted by atomic mass is 16.5. The number of carbonyl (C=O) groups excluding carboxylic acids is 2. The Morgan fingerprint density at radius 1 is 1.27 bits per heavy atom. The molecule has 3 atom stereocenters. The minimum Gasteiger partial charge on any atom is -0.481 e. The van der Waals surface area contributed by atoms with Crippen LogP contribution in [0.5, 0.6) is 0 Å². The molecule has 4 N–H and O–H groups in total. The fourth-order valence-electron chi connectivity index (χ4n) is 2.01. The minimum atomic E-state index is -1.23. The van der Waals surface area contributed by atoms with Crippen LogP contribution in [0, 0.1) is 0 Å². The number of hydrogen-bond acceptors (Lipinski definition) is 5. The van der Waals surface area contributed by atoms with Crippen molar-refractivity contribution in [2.24, 2.45) is 5.73 Å². The molecule has 7 heteroatoms. The van der Waals surface area contributed by atoms with Gasteiger partial charge in [-0.25, -0.2) is 4.79 Å². The number of amides is 1. The van der Waals surface area contributed by atoms with E-state index in [1.807, 2.05) is 30.3 Å². The third-order valence-corrected chi connectivity index (χ3v) is 3.31. The van der Waals surface area contributed by atoms with Crippen molar-refractivity contribution in [3.8, 4) is 0 Å². The van der Waals surface area contributed by atoms with Crippen molar-refractivity contribution in [3.05, 3.63) is 35.9 Å². The van der Waals surface area contributed by atoms with Gasteiger partial charge in [0.25, 0.3) is 0 Å². The van der Waals surface area contributed by atoms with Gasteiger partial charge in [0.15, 0.2) is 0 Å². The summed E-state index contributed by atoms with van der Waals surface area (Å²) in [5, 5.41) is 11.1. The van der Waals surface area contributed by atoms with E-state index in [1.165, 1.54) is 7.11 Å². The molecule has 2 unspecified atom stereocenters. The summed E-state index contributed by atoms with van der Waals surface area (Å²) in [6.45, 7) is 1.76. The predicted octanol–water partition coefficient (Wildman–Crippen LogP) is 0.250. The average Bonchev–Trinajstić information content (AvgIpc) is 2.51. The molecule has 0 bridgehead atoms. The maximum absolute atomic E-state index is 11.9. The number of ether oxygens (including phenoxy) is 1. The van der Waals surface area contributed by atoms with Gasteiger partial charge in [-0.15, -0.1) is 0 Å². The molecule has 22 heavy (non-hydrogen) atoms. The van der Waals surface area contributed by atoms with Crippen molar-refractivity contribution in [2.75, 3.05) is 7.11 Å². The van der Waals surface area contributed by atoms with E-state index in [9.17, 15) is 14.4 Å². The third-order valence-electron chi connectivity index (χ3n) is 3.31. The van der Waals surface area contributed by atoms with Crippen molar-refractivity contribution in [3.63, 3.8) is 0 Å². The number of carbonyl (C=O) groups is 3. The lowest BCUT2D eigenvalue weighted by Crippen LogP contribution is -2.51. The molecule has 0 heterocycles. The normalized spacial score (nSPS) is 14.5. The van der Waals surface area contributed by atoms with Gasteiger partial charge in [0.05, 0.1) is 19.6 Å². The molecule has 1 amide bonds. The van der Waals surface area contributed by atoms with Gasteiger partial charge in [0.2, 0.25) is 5.91 Å². The van der Waals surface area contributed by atoms with Crippen LogP contribution in [0.15, 0.2) is 30.3 Å². The van der Waals surface area contributed by atoms with Crippen LogP contribution in [-0.2, 0) is 19.1 Å². The minimum absolute atomic E-state index is 0.352. The van der Waals surface area contributed by atoms with Crippen molar-refractivity contribution < 1.29 is 24.2 Å². The Hall–Kier alpha value is -2.41. The Morgan fingerprint density at radius 3 is 2.36 bits per heavy atom. The fourth-order valence-corrected chi connectivity index (χ4v) is 2.01. The second kappa shape index (κ2) is 8.14. The zero-order chi connectivity index (χ0) is 16.7. The number of rotatable bonds is 7. The van der Waals surface area contributed by atoms with Crippen molar-refractivity contribution in [1.29, 1.82) is 0 Å². The van der Waals surface area contributed by atoms with E-state index in [0.717, 1.165) is 5.56 Å². The van der Waals surface area contributed by atoms with Gasteiger partial charge in [-0.05, 0) is 5.56 Å². The molecule has 0 aliphatic rings.